The molecule has 0 saturated heterocycles. The maximum Gasteiger partial charge on any atom is 0.0208 e. The highest BCUT2D eigenvalue weighted by Gasteiger charge is 2.25. The van der Waals surface area contributed by atoms with E-state index in [9.17, 15) is 0 Å². The van der Waals surface area contributed by atoms with Crippen molar-refractivity contribution in [1.29, 1.82) is 0 Å². The van der Waals surface area contributed by atoms with Gasteiger partial charge in [0.1, 0.15) is 0 Å². The molecular formula is C19H29N. The molecule has 0 radical (unpaired) electrons. The molecule has 1 heteroatoms. The van der Waals surface area contributed by atoms with Gasteiger partial charge < -0.3 is 5.32 Å². The van der Waals surface area contributed by atoms with E-state index in [2.05, 4.69) is 36.5 Å². The Labute approximate surface area is 124 Å². The summed E-state index contributed by atoms with van der Waals surface area (Å²) in [7, 11) is 0. The van der Waals surface area contributed by atoms with E-state index in [1.807, 2.05) is 0 Å². The van der Waals surface area contributed by atoms with Gasteiger partial charge >= 0.3 is 0 Å². The number of hydrogen-bond donors (Lipinski definition) is 1. The van der Waals surface area contributed by atoms with Crippen LogP contribution in [0.4, 0.5) is 0 Å². The van der Waals surface area contributed by atoms with Gasteiger partial charge in [0.15, 0.2) is 0 Å². The average molecular weight is 271 g/mol. The summed E-state index contributed by atoms with van der Waals surface area (Å²) < 4.78 is 0. The lowest BCUT2D eigenvalue weighted by atomic mass is 9.81. The first-order valence-corrected chi connectivity index (χ1v) is 8.61. The van der Waals surface area contributed by atoms with Gasteiger partial charge in [-0.2, -0.15) is 0 Å². The lowest BCUT2D eigenvalue weighted by Crippen LogP contribution is -2.21. The highest BCUT2D eigenvalue weighted by atomic mass is 14.8. The lowest BCUT2D eigenvalue weighted by molar-refractivity contribution is 0.275. The van der Waals surface area contributed by atoms with Crippen LogP contribution in [0.1, 0.15) is 68.9 Å². The molecule has 1 aromatic rings. The molecule has 0 aromatic heterocycles. The maximum absolute atomic E-state index is 3.68. The molecule has 1 aromatic carbocycles. The van der Waals surface area contributed by atoms with Gasteiger partial charge in [-0.1, -0.05) is 56.9 Å². The monoisotopic (exact) mass is 271 g/mol. The van der Waals surface area contributed by atoms with Crippen LogP contribution in [-0.4, -0.2) is 6.54 Å². The van der Waals surface area contributed by atoms with Crippen molar-refractivity contribution in [3.8, 4) is 0 Å². The van der Waals surface area contributed by atoms with E-state index in [0.717, 1.165) is 24.3 Å². The first-order chi connectivity index (χ1) is 9.83. The van der Waals surface area contributed by atoms with Crippen molar-refractivity contribution in [3.63, 3.8) is 0 Å². The maximum atomic E-state index is 3.68. The van der Waals surface area contributed by atoms with Crippen LogP contribution < -0.4 is 5.32 Å². The van der Waals surface area contributed by atoms with E-state index >= 15 is 0 Å². The Morgan fingerprint density at radius 3 is 2.50 bits per heavy atom. The minimum Gasteiger partial charge on any atom is -0.313 e. The third-order valence-electron chi connectivity index (χ3n) is 5.25. The first-order valence-electron chi connectivity index (χ1n) is 8.61. The second-order valence-corrected chi connectivity index (χ2v) is 7.06. The topological polar surface area (TPSA) is 12.0 Å². The van der Waals surface area contributed by atoms with Gasteiger partial charge in [0.25, 0.3) is 0 Å². The van der Waals surface area contributed by atoms with Crippen LogP contribution >= 0.6 is 0 Å². The van der Waals surface area contributed by atoms with Crippen LogP contribution in [-0.2, 0) is 6.54 Å². The molecule has 0 unspecified atom stereocenters. The zero-order valence-electron chi connectivity index (χ0n) is 12.9. The van der Waals surface area contributed by atoms with Gasteiger partial charge in [0.2, 0.25) is 0 Å². The molecule has 110 valence electrons. The predicted molar refractivity (Wildman–Crippen MR) is 85.9 cm³/mol. The van der Waals surface area contributed by atoms with Gasteiger partial charge in [-0.15, -0.1) is 0 Å². The van der Waals surface area contributed by atoms with Gasteiger partial charge in [-0.3, -0.25) is 0 Å². The van der Waals surface area contributed by atoms with E-state index in [0.29, 0.717) is 0 Å². The molecule has 1 nitrogen and oxygen atoms in total. The SMILES string of the molecule is CC1CCC(CCNCc2ccccc2C2CC2)CC1. The summed E-state index contributed by atoms with van der Waals surface area (Å²) in [5.41, 5.74) is 3.14. The molecule has 0 amide bonds. The van der Waals surface area contributed by atoms with Crippen molar-refractivity contribution < 1.29 is 0 Å². The fourth-order valence-electron chi connectivity index (χ4n) is 3.63. The van der Waals surface area contributed by atoms with Crippen LogP contribution in [0.15, 0.2) is 24.3 Å². The molecule has 2 aliphatic rings. The molecule has 0 aliphatic heterocycles. The van der Waals surface area contributed by atoms with Crippen LogP contribution in [0, 0.1) is 11.8 Å². The highest BCUT2D eigenvalue weighted by Crippen LogP contribution is 2.41. The number of hydrogen-bond acceptors (Lipinski definition) is 1. The van der Waals surface area contributed by atoms with Crippen molar-refractivity contribution in [3.05, 3.63) is 35.4 Å². The van der Waals surface area contributed by atoms with E-state index in [4.69, 9.17) is 0 Å². The summed E-state index contributed by atoms with van der Waals surface area (Å²) >= 11 is 0. The Balaban J connectivity index is 1.39. The number of benzene rings is 1. The molecule has 0 spiro atoms. The van der Waals surface area contributed by atoms with Crippen LogP contribution in [0.25, 0.3) is 0 Å². The fraction of sp³-hybridized carbons (Fsp3) is 0.684. The lowest BCUT2D eigenvalue weighted by Gasteiger charge is -2.26. The van der Waals surface area contributed by atoms with Crippen LogP contribution in [0.3, 0.4) is 0 Å². The van der Waals surface area contributed by atoms with Gasteiger partial charge in [-0.05, 0) is 54.7 Å². The Bertz CT molecular complexity index is 414. The van der Waals surface area contributed by atoms with E-state index < -0.39 is 0 Å². The number of rotatable bonds is 6. The summed E-state index contributed by atoms with van der Waals surface area (Å²) in [5.74, 6) is 2.83. The Morgan fingerprint density at radius 1 is 1.00 bits per heavy atom. The van der Waals surface area contributed by atoms with Gasteiger partial charge in [0.05, 0.1) is 0 Å². The summed E-state index contributed by atoms with van der Waals surface area (Å²) in [6, 6.07) is 9.02. The summed E-state index contributed by atoms with van der Waals surface area (Å²) in [6.45, 7) is 4.66. The molecule has 20 heavy (non-hydrogen) atoms. The average Bonchev–Trinajstić information content (AvgIpc) is 3.30. The van der Waals surface area contributed by atoms with Crippen molar-refractivity contribution in [1.82, 2.24) is 5.32 Å². The molecule has 3 rings (SSSR count). The molecule has 2 aliphatic carbocycles. The minimum absolute atomic E-state index is 0.868. The van der Waals surface area contributed by atoms with Crippen molar-refractivity contribution in [2.75, 3.05) is 6.54 Å². The quantitative estimate of drug-likeness (QED) is 0.728. The molecule has 2 fully saturated rings. The second kappa shape index (κ2) is 6.76. The molecule has 0 atom stereocenters. The molecule has 1 N–H and O–H groups in total. The zero-order chi connectivity index (χ0) is 13.8. The van der Waals surface area contributed by atoms with Crippen molar-refractivity contribution >= 4 is 0 Å². The minimum atomic E-state index is 0.868. The smallest absolute Gasteiger partial charge is 0.0208 e. The van der Waals surface area contributed by atoms with Gasteiger partial charge in [-0.25, -0.2) is 0 Å². The fourth-order valence-corrected chi connectivity index (χ4v) is 3.63. The summed E-state index contributed by atoms with van der Waals surface area (Å²) in [6.07, 6.45) is 10.0. The third kappa shape index (κ3) is 3.85. The molecule has 2 saturated carbocycles. The normalized spacial score (nSPS) is 26.6. The molecular weight excluding hydrogens is 242 g/mol. The third-order valence-corrected chi connectivity index (χ3v) is 5.25. The Hall–Kier alpha value is -0.820. The van der Waals surface area contributed by atoms with Crippen molar-refractivity contribution in [2.24, 2.45) is 11.8 Å². The summed E-state index contributed by atoms with van der Waals surface area (Å²) in [4.78, 5) is 0. The molecule has 0 bridgehead atoms. The molecule has 0 heterocycles. The van der Waals surface area contributed by atoms with Crippen LogP contribution in [0.2, 0.25) is 0 Å². The second-order valence-electron chi connectivity index (χ2n) is 7.06. The Morgan fingerprint density at radius 2 is 1.75 bits per heavy atom. The predicted octanol–water partition coefficient (Wildman–Crippen LogP) is 4.87. The highest BCUT2D eigenvalue weighted by molar-refractivity contribution is 5.33. The van der Waals surface area contributed by atoms with Crippen LogP contribution in [0.5, 0.6) is 0 Å². The van der Waals surface area contributed by atoms with E-state index in [-0.39, 0.29) is 0 Å². The van der Waals surface area contributed by atoms with E-state index in [1.165, 1.54) is 57.1 Å². The standard InChI is InChI=1S/C19H29N/c1-15-6-8-16(9-7-15)12-13-20-14-18-4-2-3-5-19(18)17-10-11-17/h2-5,15-17,20H,6-14H2,1H3. The van der Waals surface area contributed by atoms with Gasteiger partial charge in [0, 0.05) is 6.54 Å². The zero-order valence-corrected chi connectivity index (χ0v) is 12.9. The summed E-state index contributed by atoms with van der Waals surface area (Å²) in [5, 5.41) is 3.68. The first kappa shape index (κ1) is 14.1. The largest absolute Gasteiger partial charge is 0.313 e. The Kier molecular flexibility index (Phi) is 4.77. The number of nitrogens with one attached hydrogen (secondary N) is 1. The van der Waals surface area contributed by atoms with Crippen molar-refractivity contribution in [2.45, 2.75) is 64.3 Å². The van der Waals surface area contributed by atoms with E-state index in [1.54, 1.807) is 5.56 Å².